The zero-order valence-corrected chi connectivity index (χ0v) is 17.2. The second-order valence-corrected chi connectivity index (χ2v) is 8.20. The summed E-state index contributed by atoms with van der Waals surface area (Å²) in [4.78, 5) is 35.4. The number of ketones is 2. The minimum atomic E-state index is -3.96. The van der Waals surface area contributed by atoms with Crippen molar-refractivity contribution in [3.63, 3.8) is 0 Å². The fourth-order valence-corrected chi connectivity index (χ4v) is 3.64. The van der Waals surface area contributed by atoms with Crippen molar-refractivity contribution in [2.24, 2.45) is 0 Å². The van der Waals surface area contributed by atoms with Gasteiger partial charge in [0.15, 0.2) is 0 Å². The van der Waals surface area contributed by atoms with Gasteiger partial charge in [-0.2, -0.15) is 0 Å². The van der Waals surface area contributed by atoms with Gasteiger partial charge in [0.05, 0.1) is 29.0 Å². The molecule has 0 saturated heterocycles. The van der Waals surface area contributed by atoms with E-state index >= 15 is 0 Å². The highest BCUT2D eigenvalue weighted by atomic mass is 32.2. The molecule has 0 atom stereocenters. The lowest BCUT2D eigenvalue weighted by molar-refractivity contribution is -0.117. The van der Waals surface area contributed by atoms with Gasteiger partial charge in [0.1, 0.15) is 11.5 Å². The predicted molar refractivity (Wildman–Crippen MR) is 111 cm³/mol. The van der Waals surface area contributed by atoms with Crippen molar-refractivity contribution in [1.29, 1.82) is 0 Å². The zero-order valence-electron chi connectivity index (χ0n) is 16.4. The second kappa shape index (κ2) is 8.87. The minimum absolute atomic E-state index is 0.00399. The number of Topliss-reactive ketones (excluding diaryl/α,β-unsaturated/α-hetero) is 2. The molecule has 1 amide bonds. The molecule has 0 aliphatic carbocycles. The lowest BCUT2D eigenvalue weighted by Crippen LogP contribution is -2.16. The van der Waals surface area contributed by atoms with E-state index in [9.17, 15) is 22.8 Å². The van der Waals surface area contributed by atoms with Gasteiger partial charge in [0.2, 0.25) is 0 Å². The molecule has 1 aromatic rings. The van der Waals surface area contributed by atoms with E-state index in [4.69, 9.17) is 4.74 Å². The van der Waals surface area contributed by atoms with Crippen LogP contribution in [0, 0.1) is 0 Å². The van der Waals surface area contributed by atoms with Crippen molar-refractivity contribution < 1.29 is 27.5 Å². The number of rotatable bonds is 9. The van der Waals surface area contributed by atoms with E-state index in [0.29, 0.717) is 5.56 Å². The molecular weight excluding hydrogens is 396 g/mol. The molecule has 8 nitrogen and oxygen atoms in total. The minimum Gasteiger partial charge on any atom is -0.494 e. The van der Waals surface area contributed by atoms with Gasteiger partial charge in [0.25, 0.3) is 21.7 Å². The number of hydrogen-bond donors (Lipinski definition) is 2. The molecule has 1 aromatic carbocycles. The van der Waals surface area contributed by atoms with Crippen LogP contribution in [0.1, 0.15) is 36.2 Å². The molecule has 0 fully saturated rings. The predicted octanol–water partition coefficient (Wildman–Crippen LogP) is 2.74. The van der Waals surface area contributed by atoms with Crippen molar-refractivity contribution in [1.82, 2.24) is 0 Å². The molecule has 29 heavy (non-hydrogen) atoms. The summed E-state index contributed by atoms with van der Waals surface area (Å²) in [6.45, 7) is 6.33. The molecular formula is C20H22N2O6S. The average Bonchev–Trinajstić information content (AvgIpc) is 2.93. The van der Waals surface area contributed by atoms with Gasteiger partial charge in [0, 0.05) is 12.0 Å². The van der Waals surface area contributed by atoms with Gasteiger partial charge in [-0.1, -0.05) is 24.8 Å². The van der Waals surface area contributed by atoms with Gasteiger partial charge in [-0.3, -0.25) is 14.3 Å². The fraction of sp³-hybridized carbons (Fsp3) is 0.250. The summed E-state index contributed by atoms with van der Waals surface area (Å²) in [6, 6.07) is 1.29. The number of methoxy groups -OCH3 is 1. The van der Waals surface area contributed by atoms with Crippen molar-refractivity contribution >= 4 is 38.9 Å². The lowest BCUT2D eigenvalue weighted by atomic mass is 10.00. The van der Waals surface area contributed by atoms with Crippen LogP contribution in [0.5, 0.6) is 5.75 Å². The van der Waals surface area contributed by atoms with E-state index < -0.39 is 21.7 Å². The Morgan fingerprint density at radius 3 is 2.55 bits per heavy atom. The summed E-state index contributed by atoms with van der Waals surface area (Å²) < 4.78 is 33.2. The van der Waals surface area contributed by atoms with Crippen LogP contribution < -0.4 is 14.8 Å². The van der Waals surface area contributed by atoms with Crippen LogP contribution in [-0.4, -0.2) is 33.0 Å². The first-order valence-corrected chi connectivity index (χ1v) is 10.2. The Balaban J connectivity index is 2.60. The van der Waals surface area contributed by atoms with Crippen LogP contribution in [0.3, 0.4) is 0 Å². The van der Waals surface area contributed by atoms with Gasteiger partial charge in [-0.15, -0.1) is 0 Å². The third-order valence-corrected chi connectivity index (χ3v) is 5.72. The maximum atomic E-state index is 12.7. The smallest absolute Gasteiger partial charge is 0.296 e. The Morgan fingerprint density at radius 1 is 1.28 bits per heavy atom. The SMILES string of the molecule is C=C/C=C\C=C(/C)S(=O)(=O)Nc1cc2c(c(OC)c1CCC(C)=O)NC(=O)C2=O. The molecule has 0 spiro atoms. The highest BCUT2D eigenvalue weighted by Gasteiger charge is 2.34. The number of amides is 1. The zero-order chi connectivity index (χ0) is 21.8. The quantitative estimate of drug-likeness (QED) is 0.470. The topological polar surface area (TPSA) is 119 Å². The molecule has 0 bridgehead atoms. The summed E-state index contributed by atoms with van der Waals surface area (Å²) in [5.41, 5.74) is 0.621. The molecule has 1 heterocycles. The van der Waals surface area contributed by atoms with Crippen molar-refractivity contribution in [3.8, 4) is 5.75 Å². The van der Waals surface area contributed by atoms with Crippen LogP contribution >= 0.6 is 0 Å². The number of nitrogens with one attached hydrogen (secondary N) is 2. The lowest BCUT2D eigenvalue weighted by Gasteiger charge is -2.18. The molecule has 0 aromatic heterocycles. The first kappa shape index (κ1) is 22.1. The number of benzene rings is 1. The summed E-state index contributed by atoms with van der Waals surface area (Å²) >= 11 is 0. The third-order valence-electron chi connectivity index (χ3n) is 4.25. The molecule has 9 heteroatoms. The third kappa shape index (κ3) is 4.80. The normalized spacial score (nSPS) is 14.0. The standard InChI is InChI=1S/C20H22N2O6S/c1-5-6-7-8-13(3)29(26,27)22-16-11-15-17(21-20(25)18(15)24)19(28-4)14(16)10-9-12(2)23/h5-8,11,22H,1,9-10H2,2-4H3,(H,21,24,25)/b7-6-,13-8+. The van der Waals surface area contributed by atoms with E-state index in [1.807, 2.05) is 0 Å². The molecule has 0 radical (unpaired) electrons. The summed E-state index contributed by atoms with van der Waals surface area (Å²) in [6.07, 6.45) is 6.28. The largest absolute Gasteiger partial charge is 0.494 e. The summed E-state index contributed by atoms with van der Waals surface area (Å²) in [7, 11) is -2.62. The van der Waals surface area contributed by atoms with Crippen LogP contribution in [0.25, 0.3) is 0 Å². The highest BCUT2D eigenvalue weighted by molar-refractivity contribution is 7.96. The van der Waals surface area contributed by atoms with E-state index in [-0.39, 0.29) is 46.2 Å². The maximum absolute atomic E-state index is 12.7. The van der Waals surface area contributed by atoms with E-state index in [2.05, 4.69) is 16.6 Å². The summed E-state index contributed by atoms with van der Waals surface area (Å²) in [5.74, 6) is -1.58. The monoisotopic (exact) mass is 418 g/mol. The number of allylic oxidation sites excluding steroid dienone is 5. The second-order valence-electron chi connectivity index (χ2n) is 6.35. The molecule has 0 unspecified atom stereocenters. The van der Waals surface area contributed by atoms with Gasteiger partial charge >= 0.3 is 0 Å². The van der Waals surface area contributed by atoms with Crippen LogP contribution in [-0.2, 0) is 26.0 Å². The number of sulfonamides is 1. The number of carbonyl (C=O) groups excluding carboxylic acids is 3. The first-order valence-electron chi connectivity index (χ1n) is 8.70. The number of fused-ring (bicyclic) bond motifs is 1. The average molecular weight is 418 g/mol. The van der Waals surface area contributed by atoms with Gasteiger partial charge in [-0.25, -0.2) is 8.42 Å². The first-order chi connectivity index (χ1) is 13.6. The van der Waals surface area contributed by atoms with Crippen molar-refractivity contribution in [2.75, 3.05) is 17.1 Å². The van der Waals surface area contributed by atoms with Crippen molar-refractivity contribution in [2.45, 2.75) is 26.7 Å². The molecule has 1 aliphatic rings. The fourth-order valence-electron chi connectivity index (χ4n) is 2.74. The maximum Gasteiger partial charge on any atom is 0.296 e. The van der Waals surface area contributed by atoms with Gasteiger partial charge < -0.3 is 14.8 Å². The molecule has 2 rings (SSSR count). The van der Waals surface area contributed by atoms with E-state index in [0.717, 1.165) is 0 Å². The van der Waals surface area contributed by atoms with E-state index in [1.54, 1.807) is 6.08 Å². The Bertz CT molecular complexity index is 1050. The van der Waals surface area contributed by atoms with Crippen LogP contribution in [0.4, 0.5) is 11.4 Å². The van der Waals surface area contributed by atoms with Gasteiger partial charge in [-0.05, 0) is 32.4 Å². The molecule has 1 aliphatic heterocycles. The Kier molecular flexibility index (Phi) is 6.76. The van der Waals surface area contributed by atoms with Crippen LogP contribution in [0.15, 0.2) is 41.9 Å². The number of hydrogen-bond acceptors (Lipinski definition) is 6. The molecule has 154 valence electrons. The van der Waals surface area contributed by atoms with Crippen molar-refractivity contribution in [3.05, 3.63) is 53.0 Å². The molecule has 0 saturated carbocycles. The van der Waals surface area contributed by atoms with Crippen LogP contribution in [0.2, 0.25) is 0 Å². The Labute approximate surface area is 169 Å². The Morgan fingerprint density at radius 2 is 1.97 bits per heavy atom. The Hall–Kier alpha value is -3.20. The highest BCUT2D eigenvalue weighted by Crippen LogP contribution is 2.42. The summed E-state index contributed by atoms with van der Waals surface area (Å²) in [5, 5.41) is 2.44. The van der Waals surface area contributed by atoms with E-state index in [1.165, 1.54) is 45.3 Å². The number of ether oxygens (including phenoxy) is 1. The number of anilines is 2. The number of carbonyl (C=O) groups is 3. The molecule has 2 N–H and O–H groups in total.